The molecule has 0 aliphatic heterocycles. The number of benzene rings is 1. The fourth-order valence-electron chi connectivity index (χ4n) is 5.13. The molecule has 0 radical (unpaired) electrons. The van der Waals surface area contributed by atoms with Gasteiger partial charge in [0, 0.05) is 10.9 Å². The van der Waals surface area contributed by atoms with Gasteiger partial charge in [-0.2, -0.15) is 7.05 Å². The van der Waals surface area contributed by atoms with Crippen molar-refractivity contribution in [2.75, 3.05) is 5.32 Å². The number of nitrogens with one attached hydrogen (secondary N) is 1. The van der Waals surface area contributed by atoms with E-state index in [9.17, 15) is 9.59 Å². The largest absolute Gasteiger partial charge is 0.475 e. The van der Waals surface area contributed by atoms with Crippen LogP contribution in [0.1, 0.15) is 43.1 Å². The number of rotatable bonds is 4. The smallest absolute Gasteiger partial charge is 0.211 e. The lowest BCUT2D eigenvalue weighted by Crippen LogP contribution is -2.92. The number of carbonyl (C=O) groups is 2. The Bertz CT molecular complexity index is 760. The molecular formula is C21H27ClN2O2. The molecule has 1 aromatic carbocycles. The zero-order valence-corrected chi connectivity index (χ0v) is 16.3. The van der Waals surface area contributed by atoms with Crippen LogP contribution in [-0.2, 0) is 10.2 Å². The van der Waals surface area contributed by atoms with Crippen LogP contribution in [0.2, 0.25) is 0 Å². The standard InChI is InChI=1S/C21H27ClN2O2/c1-6-21(4)15(22)10-13-17(19(21)23-5)18(26)16-12(20(13,2)3)8-7-9-14(16)24-11-25/h6-9,11,13,15,17,19H,1,5,10,23H2,2-4H3,(H,24,25)/t13-,15+,17-,19-,21-/m0/s1. The van der Waals surface area contributed by atoms with Crippen LogP contribution in [0.4, 0.5) is 5.69 Å². The summed E-state index contributed by atoms with van der Waals surface area (Å²) in [5.74, 6) is -0.0640. The zero-order valence-electron chi connectivity index (χ0n) is 15.6. The molecule has 2 aliphatic rings. The number of fused-ring (bicyclic) bond motifs is 2. The van der Waals surface area contributed by atoms with Crippen LogP contribution in [-0.4, -0.2) is 23.6 Å². The SMILES string of the molecule is C=C[C@@]1(C)[C@H](Cl)C[C@H]2[C@@H](C(=O)c3c(NC=O)cccc3C2(C)C)[C@@H]1[NH2+][CH2-]. The first-order chi connectivity index (χ1) is 12.2. The van der Waals surface area contributed by atoms with Crippen molar-refractivity contribution in [1.29, 1.82) is 0 Å². The summed E-state index contributed by atoms with van der Waals surface area (Å²) in [7, 11) is 4.02. The van der Waals surface area contributed by atoms with Gasteiger partial charge in [-0.15, -0.1) is 18.2 Å². The third kappa shape index (κ3) is 2.46. The number of ketones is 1. The molecule has 5 atom stereocenters. The van der Waals surface area contributed by atoms with Crippen LogP contribution in [0.25, 0.3) is 0 Å². The number of hydrogen-bond acceptors (Lipinski definition) is 2. The molecule has 0 aromatic heterocycles. The topological polar surface area (TPSA) is 62.8 Å². The molecule has 0 saturated heterocycles. The maximum absolute atomic E-state index is 13.6. The highest BCUT2D eigenvalue weighted by Gasteiger charge is 2.60. The normalized spacial score (nSPS) is 35.2. The van der Waals surface area contributed by atoms with E-state index in [0.29, 0.717) is 17.7 Å². The average Bonchev–Trinajstić information content (AvgIpc) is 2.61. The molecular weight excluding hydrogens is 348 g/mol. The molecule has 0 spiro atoms. The number of alkyl halides is 1. The van der Waals surface area contributed by atoms with Crippen molar-refractivity contribution in [2.24, 2.45) is 17.3 Å². The Morgan fingerprint density at radius 1 is 1.38 bits per heavy atom. The number of hydrogen-bond donors (Lipinski definition) is 2. The number of amides is 1. The molecule has 4 nitrogen and oxygen atoms in total. The molecule has 26 heavy (non-hydrogen) atoms. The van der Waals surface area contributed by atoms with Crippen LogP contribution in [0, 0.1) is 24.3 Å². The number of anilines is 1. The van der Waals surface area contributed by atoms with E-state index in [4.69, 9.17) is 11.6 Å². The number of carbonyl (C=O) groups excluding carboxylic acids is 2. The van der Waals surface area contributed by atoms with Crippen LogP contribution in [0.15, 0.2) is 30.9 Å². The third-order valence-electron chi connectivity index (χ3n) is 6.82. The summed E-state index contributed by atoms with van der Waals surface area (Å²) >= 11 is 6.81. The summed E-state index contributed by atoms with van der Waals surface area (Å²) in [5.41, 5.74) is 1.53. The van der Waals surface area contributed by atoms with Gasteiger partial charge in [0.05, 0.1) is 23.1 Å². The Morgan fingerprint density at radius 3 is 2.65 bits per heavy atom. The Morgan fingerprint density at radius 2 is 2.08 bits per heavy atom. The molecule has 0 heterocycles. The number of quaternary nitrogens is 1. The molecule has 3 rings (SSSR count). The fourth-order valence-corrected chi connectivity index (χ4v) is 5.55. The highest BCUT2D eigenvalue weighted by Crippen LogP contribution is 2.55. The van der Waals surface area contributed by atoms with Gasteiger partial charge >= 0.3 is 0 Å². The maximum atomic E-state index is 13.6. The fraction of sp³-hybridized carbons (Fsp3) is 0.476. The van der Waals surface area contributed by atoms with Gasteiger partial charge in [0.25, 0.3) is 0 Å². The minimum absolute atomic E-state index is 0.0656. The Hall–Kier alpha value is -1.65. The van der Waals surface area contributed by atoms with Crippen molar-refractivity contribution in [3.05, 3.63) is 49.0 Å². The average molecular weight is 375 g/mol. The number of halogens is 1. The Labute approximate surface area is 160 Å². The predicted octanol–water partition coefficient (Wildman–Crippen LogP) is 2.89. The molecule has 5 heteroatoms. The number of Topliss-reactive ketones (excluding diaryl/α,β-unsaturated/α-hetero) is 1. The Balaban J connectivity index is 2.24. The van der Waals surface area contributed by atoms with Gasteiger partial charge < -0.3 is 10.6 Å². The van der Waals surface area contributed by atoms with Crippen molar-refractivity contribution in [2.45, 2.75) is 44.0 Å². The molecule has 1 aromatic rings. The second-order valence-electron chi connectivity index (χ2n) is 8.24. The van der Waals surface area contributed by atoms with Crippen molar-refractivity contribution in [3.8, 4) is 0 Å². The molecule has 1 fully saturated rings. The molecule has 3 N–H and O–H groups in total. The van der Waals surface area contributed by atoms with Crippen LogP contribution < -0.4 is 10.6 Å². The summed E-state index contributed by atoms with van der Waals surface area (Å²) in [5, 5.41) is 4.45. The first kappa shape index (κ1) is 19.1. The summed E-state index contributed by atoms with van der Waals surface area (Å²) in [4.78, 5) is 24.7. The quantitative estimate of drug-likeness (QED) is 0.368. The second kappa shape index (κ2) is 6.50. The highest BCUT2D eigenvalue weighted by atomic mass is 35.5. The lowest BCUT2D eigenvalue weighted by molar-refractivity contribution is -0.656. The minimum Gasteiger partial charge on any atom is -0.475 e. The van der Waals surface area contributed by atoms with E-state index in [1.165, 1.54) is 0 Å². The number of nitrogens with two attached hydrogens (primary N) is 1. The minimum atomic E-state index is -0.402. The maximum Gasteiger partial charge on any atom is 0.211 e. The van der Waals surface area contributed by atoms with Gasteiger partial charge in [-0.1, -0.05) is 32.1 Å². The van der Waals surface area contributed by atoms with Crippen molar-refractivity contribution < 1.29 is 14.9 Å². The molecule has 1 amide bonds. The van der Waals surface area contributed by atoms with Crippen molar-refractivity contribution in [3.63, 3.8) is 0 Å². The lowest BCUT2D eigenvalue weighted by atomic mass is 9.50. The lowest BCUT2D eigenvalue weighted by Gasteiger charge is -2.56. The van der Waals surface area contributed by atoms with Crippen LogP contribution in [0.3, 0.4) is 0 Å². The zero-order chi connectivity index (χ0) is 19.3. The van der Waals surface area contributed by atoms with E-state index in [1.807, 2.05) is 23.5 Å². The van der Waals surface area contributed by atoms with Crippen LogP contribution in [0.5, 0.6) is 0 Å². The van der Waals surface area contributed by atoms with E-state index in [0.717, 1.165) is 12.0 Å². The van der Waals surface area contributed by atoms with Gasteiger partial charge in [-0.05, 0) is 36.3 Å². The second-order valence-corrected chi connectivity index (χ2v) is 8.77. The Kier molecular flexibility index (Phi) is 4.78. The van der Waals surface area contributed by atoms with E-state index in [2.05, 4.69) is 39.7 Å². The molecule has 0 unspecified atom stereocenters. The van der Waals surface area contributed by atoms with Gasteiger partial charge in [0.1, 0.15) is 0 Å². The summed E-state index contributed by atoms with van der Waals surface area (Å²) < 4.78 is 0. The van der Waals surface area contributed by atoms with Gasteiger partial charge in [-0.3, -0.25) is 9.59 Å². The first-order valence-electron chi connectivity index (χ1n) is 9.02. The highest BCUT2D eigenvalue weighted by molar-refractivity contribution is 6.21. The monoisotopic (exact) mass is 374 g/mol. The van der Waals surface area contributed by atoms with Crippen molar-refractivity contribution in [1.82, 2.24) is 0 Å². The summed E-state index contributed by atoms with van der Waals surface area (Å²) in [6.45, 7) is 10.4. The summed E-state index contributed by atoms with van der Waals surface area (Å²) in [6.07, 6.45) is 3.23. The van der Waals surface area contributed by atoms with E-state index in [-0.39, 0.29) is 34.5 Å². The first-order valence-corrected chi connectivity index (χ1v) is 9.45. The third-order valence-corrected chi connectivity index (χ3v) is 7.47. The van der Waals surface area contributed by atoms with E-state index >= 15 is 0 Å². The van der Waals surface area contributed by atoms with E-state index in [1.54, 1.807) is 6.07 Å². The molecule has 140 valence electrons. The van der Waals surface area contributed by atoms with Gasteiger partial charge in [-0.25, -0.2) is 0 Å². The molecule has 0 bridgehead atoms. The van der Waals surface area contributed by atoms with Gasteiger partial charge in [0.15, 0.2) is 5.78 Å². The summed E-state index contributed by atoms with van der Waals surface area (Å²) in [6, 6.07) is 5.56. The molecule has 2 aliphatic carbocycles. The van der Waals surface area contributed by atoms with Crippen LogP contribution >= 0.6 is 11.6 Å². The van der Waals surface area contributed by atoms with E-state index < -0.39 is 5.41 Å². The van der Waals surface area contributed by atoms with Gasteiger partial charge in [0.2, 0.25) is 6.41 Å². The van der Waals surface area contributed by atoms with Crippen molar-refractivity contribution >= 4 is 29.5 Å². The predicted molar refractivity (Wildman–Crippen MR) is 104 cm³/mol. The molecule has 1 saturated carbocycles.